The van der Waals surface area contributed by atoms with Crippen molar-refractivity contribution in [3.05, 3.63) is 107 Å². The molecule has 3 heterocycles. The smallest absolute Gasteiger partial charge is 0.267 e. The van der Waals surface area contributed by atoms with Crippen LogP contribution in [0, 0.1) is 11.6 Å². The number of benzene rings is 2. The second-order valence-corrected chi connectivity index (χ2v) is 7.62. The number of halogens is 2. The summed E-state index contributed by atoms with van der Waals surface area (Å²) in [5, 5.41) is 0.367. The lowest BCUT2D eigenvalue weighted by atomic mass is 10.0. The molecule has 170 valence electrons. The van der Waals surface area contributed by atoms with E-state index in [0.29, 0.717) is 27.7 Å². The predicted octanol–water partition coefficient (Wildman–Crippen LogP) is 4.03. The highest BCUT2D eigenvalue weighted by atomic mass is 19.1. The summed E-state index contributed by atoms with van der Waals surface area (Å²) >= 11 is 0. The highest BCUT2D eigenvalue weighted by molar-refractivity contribution is 5.87. The van der Waals surface area contributed by atoms with Crippen LogP contribution in [-0.4, -0.2) is 27.9 Å². The van der Waals surface area contributed by atoms with Gasteiger partial charge in [-0.2, -0.15) is 0 Å². The molecule has 7 nitrogen and oxygen atoms in total. The first-order valence-electron chi connectivity index (χ1n) is 10.4. The number of nitrogens with zero attached hydrogens (tertiary/aromatic N) is 4. The normalized spacial score (nSPS) is 15.6. The summed E-state index contributed by atoms with van der Waals surface area (Å²) in [5.74, 6) is -1.32. The van der Waals surface area contributed by atoms with Crippen LogP contribution < -0.4 is 16.2 Å². The summed E-state index contributed by atoms with van der Waals surface area (Å²) in [6.07, 6.45) is 7.80. The van der Waals surface area contributed by atoms with Gasteiger partial charge in [0.2, 0.25) is 5.95 Å². The number of methoxy groups -OCH3 is 1. The minimum Gasteiger partial charge on any atom is -0.369 e. The van der Waals surface area contributed by atoms with E-state index < -0.39 is 17.9 Å². The number of anilines is 2. The number of ether oxygens (including phenoxy) is 1. The molecule has 2 aromatic heterocycles. The van der Waals surface area contributed by atoms with Crippen molar-refractivity contribution in [2.45, 2.75) is 6.23 Å². The van der Waals surface area contributed by atoms with E-state index in [1.165, 1.54) is 23.8 Å². The molecule has 2 N–H and O–H groups in total. The highest BCUT2D eigenvalue weighted by Gasteiger charge is 2.22. The average Bonchev–Trinajstić information content (AvgIpc) is 2.84. The molecule has 5 rings (SSSR count). The van der Waals surface area contributed by atoms with Gasteiger partial charge in [-0.05, 0) is 53.6 Å². The quantitative estimate of drug-likeness (QED) is 0.496. The number of hydrogen-bond donors (Lipinski definition) is 1. The van der Waals surface area contributed by atoms with Crippen molar-refractivity contribution in [2.24, 2.45) is 0 Å². The molecule has 0 spiro atoms. The van der Waals surface area contributed by atoms with Gasteiger partial charge >= 0.3 is 0 Å². The average molecular weight is 459 g/mol. The molecule has 1 atom stereocenters. The maximum Gasteiger partial charge on any atom is 0.267 e. The van der Waals surface area contributed by atoms with E-state index in [1.807, 2.05) is 6.08 Å². The minimum absolute atomic E-state index is 0.0640. The van der Waals surface area contributed by atoms with Crippen molar-refractivity contribution in [3.8, 4) is 5.69 Å². The molecule has 2 aromatic carbocycles. The van der Waals surface area contributed by atoms with Gasteiger partial charge in [0.15, 0.2) is 6.23 Å². The number of rotatable bonds is 4. The Balaban J connectivity index is 1.63. The Morgan fingerprint density at radius 1 is 1.06 bits per heavy atom. The second kappa shape index (κ2) is 8.53. The third-order valence-corrected chi connectivity index (χ3v) is 5.57. The molecule has 0 fully saturated rings. The fourth-order valence-electron chi connectivity index (χ4n) is 3.93. The van der Waals surface area contributed by atoms with Gasteiger partial charge in [0, 0.05) is 31.8 Å². The lowest BCUT2D eigenvalue weighted by Gasteiger charge is -2.31. The van der Waals surface area contributed by atoms with Crippen molar-refractivity contribution in [3.63, 3.8) is 0 Å². The van der Waals surface area contributed by atoms with Gasteiger partial charge in [-0.15, -0.1) is 0 Å². The number of nitrogens with two attached hydrogens (primary N) is 1. The second-order valence-electron chi connectivity index (χ2n) is 7.62. The molecule has 0 radical (unpaired) electrons. The van der Waals surface area contributed by atoms with Gasteiger partial charge in [0.1, 0.15) is 11.6 Å². The van der Waals surface area contributed by atoms with Crippen molar-refractivity contribution >= 4 is 28.1 Å². The van der Waals surface area contributed by atoms with Gasteiger partial charge in [0.25, 0.3) is 5.56 Å². The Morgan fingerprint density at radius 2 is 1.85 bits per heavy atom. The molecule has 1 aliphatic rings. The molecular formula is C25H19F2N5O2. The van der Waals surface area contributed by atoms with E-state index in [1.54, 1.807) is 59.9 Å². The molecule has 1 unspecified atom stereocenters. The molecule has 0 saturated carbocycles. The van der Waals surface area contributed by atoms with Crippen LogP contribution in [0.2, 0.25) is 0 Å². The molecule has 9 heteroatoms. The monoisotopic (exact) mass is 459 g/mol. The number of hydrogen-bond acceptors (Lipinski definition) is 6. The van der Waals surface area contributed by atoms with Crippen LogP contribution in [0.4, 0.5) is 20.4 Å². The first kappa shape index (κ1) is 21.5. The van der Waals surface area contributed by atoms with Crippen LogP contribution >= 0.6 is 0 Å². The maximum absolute atomic E-state index is 14.5. The largest absolute Gasteiger partial charge is 0.369 e. The Labute approximate surface area is 193 Å². The van der Waals surface area contributed by atoms with E-state index in [9.17, 15) is 13.6 Å². The Morgan fingerprint density at radius 3 is 2.59 bits per heavy atom. The number of pyridine rings is 1. The van der Waals surface area contributed by atoms with E-state index >= 15 is 0 Å². The molecule has 0 aliphatic carbocycles. The van der Waals surface area contributed by atoms with Gasteiger partial charge in [0.05, 0.1) is 22.3 Å². The third kappa shape index (κ3) is 3.71. The number of nitrogen functional groups attached to an aromatic ring is 1. The number of allylic oxidation sites excluding steroid dienone is 2. The molecule has 0 saturated heterocycles. The van der Waals surface area contributed by atoms with Crippen molar-refractivity contribution in [1.29, 1.82) is 0 Å². The third-order valence-electron chi connectivity index (χ3n) is 5.57. The van der Waals surface area contributed by atoms with Gasteiger partial charge in [-0.1, -0.05) is 12.1 Å². The predicted molar refractivity (Wildman–Crippen MR) is 126 cm³/mol. The van der Waals surface area contributed by atoms with Crippen molar-refractivity contribution in [1.82, 2.24) is 14.5 Å². The van der Waals surface area contributed by atoms with E-state index in [2.05, 4.69) is 9.97 Å². The summed E-state index contributed by atoms with van der Waals surface area (Å²) in [5.41, 5.74) is 8.30. The lowest BCUT2D eigenvalue weighted by Crippen LogP contribution is -2.33. The minimum atomic E-state index is -0.716. The zero-order valence-electron chi connectivity index (χ0n) is 18.0. The summed E-state index contributed by atoms with van der Waals surface area (Å²) < 4.78 is 34.7. The van der Waals surface area contributed by atoms with E-state index in [0.717, 1.165) is 6.07 Å². The molecule has 1 aliphatic heterocycles. The van der Waals surface area contributed by atoms with Crippen molar-refractivity contribution < 1.29 is 13.5 Å². The van der Waals surface area contributed by atoms with Crippen molar-refractivity contribution in [2.75, 3.05) is 17.7 Å². The SMILES string of the molecule is COC1C=CC(c2ccc3nc(N)n(-c4ccncc4)c(=O)c3c2)=CN1c1ccc(F)cc1F. The Kier molecular flexibility index (Phi) is 5.39. The standard InChI is InChI=1S/C25H19F2N5O2/c1-34-23-7-3-16(14-31(23)22-6-4-17(26)13-20(22)27)15-2-5-21-19(12-15)24(33)32(25(28)30-21)18-8-10-29-11-9-18/h2-14,23H,1H3,(H2,28,30). The molecule has 4 aromatic rings. The zero-order chi connectivity index (χ0) is 23.8. The lowest BCUT2D eigenvalue weighted by molar-refractivity contribution is 0.143. The molecule has 34 heavy (non-hydrogen) atoms. The number of aromatic nitrogens is 3. The van der Waals surface area contributed by atoms with Crippen LogP contribution in [0.25, 0.3) is 22.2 Å². The Bertz CT molecular complexity index is 1520. The zero-order valence-corrected chi connectivity index (χ0v) is 18.0. The first-order valence-corrected chi connectivity index (χ1v) is 10.4. The van der Waals surface area contributed by atoms with Crippen LogP contribution in [0.3, 0.4) is 0 Å². The molecule has 0 amide bonds. The molecule has 0 bridgehead atoms. The van der Waals surface area contributed by atoms with E-state index in [-0.39, 0.29) is 17.2 Å². The summed E-state index contributed by atoms with van der Waals surface area (Å²) in [7, 11) is 1.50. The van der Waals surface area contributed by atoms with Gasteiger partial charge in [-0.25, -0.2) is 18.3 Å². The van der Waals surface area contributed by atoms with Crippen LogP contribution in [0.15, 0.2) is 84.1 Å². The van der Waals surface area contributed by atoms with Crippen LogP contribution in [-0.2, 0) is 4.74 Å². The van der Waals surface area contributed by atoms with Crippen LogP contribution in [0.1, 0.15) is 5.56 Å². The van der Waals surface area contributed by atoms with Gasteiger partial charge in [-0.3, -0.25) is 9.78 Å². The Hall–Kier alpha value is -4.37. The van der Waals surface area contributed by atoms with Gasteiger partial charge < -0.3 is 15.4 Å². The van der Waals surface area contributed by atoms with Crippen LogP contribution in [0.5, 0.6) is 0 Å². The topological polar surface area (TPSA) is 86.3 Å². The fourth-order valence-corrected chi connectivity index (χ4v) is 3.93. The highest BCUT2D eigenvalue weighted by Crippen LogP contribution is 2.31. The summed E-state index contributed by atoms with van der Waals surface area (Å²) in [6, 6.07) is 11.9. The molecular weight excluding hydrogens is 440 g/mol. The summed E-state index contributed by atoms with van der Waals surface area (Å²) in [4.78, 5) is 23.2. The van der Waals surface area contributed by atoms with E-state index in [4.69, 9.17) is 10.5 Å². The first-order chi connectivity index (χ1) is 16.5. The maximum atomic E-state index is 14.5. The summed E-state index contributed by atoms with van der Waals surface area (Å²) in [6.45, 7) is 0. The fraction of sp³-hybridized carbons (Fsp3) is 0.0800. The number of fused-ring (bicyclic) bond motifs is 1.